The number of halogens is 2. The fraction of sp³-hybridized carbons (Fsp3) is 0.321. The van der Waals surface area contributed by atoms with Crippen LogP contribution in [-0.4, -0.2) is 37.0 Å². The molecule has 0 saturated carbocycles. The van der Waals surface area contributed by atoms with Gasteiger partial charge in [-0.1, -0.05) is 41.4 Å². The lowest BCUT2D eigenvalue weighted by atomic mass is 9.74. The number of likely N-dealkylation sites (tertiary alicyclic amines) is 1. The number of rotatable bonds is 5. The van der Waals surface area contributed by atoms with Crippen molar-refractivity contribution in [1.82, 2.24) is 4.90 Å². The number of carbonyl (C=O) groups is 1. The molecule has 1 spiro atoms. The number of fused-ring (bicyclic) bond motifs is 2. The number of anilines is 1. The lowest BCUT2D eigenvalue weighted by molar-refractivity contribution is -0.120. The van der Waals surface area contributed by atoms with Gasteiger partial charge in [0.1, 0.15) is 11.6 Å². The van der Waals surface area contributed by atoms with Gasteiger partial charge in [0.25, 0.3) is 5.91 Å². The summed E-state index contributed by atoms with van der Waals surface area (Å²) in [6.45, 7) is 5.31. The minimum Gasteiger partial charge on any atom is -0.484 e. The average Bonchev–Trinajstić information content (AvgIpc) is 3.15. The number of hydrogen-bond acceptors (Lipinski definition) is 3. The maximum atomic E-state index is 14.3. The third-order valence-corrected chi connectivity index (χ3v) is 7.35. The van der Waals surface area contributed by atoms with E-state index in [4.69, 9.17) is 16.3 Å². The van der Waals surface area contributed by atoms with Crippen LogP contribution in [0.4, 0.5) is 10.1 Å². The second kappa shape index (κ2) is 9.40. The minimum absolute atomic E-state index is 0.0753. The number of carbonyl (C=O) groups excluding carboxylic acids is 1. The van der Waals surface area contributed by atoms with Gasteiger partial charge in [-0.15, -0.1) is 0 Å². The second-order valence-corrected chi connectivity index (χ2v) is 9.86. The molecule has 0 radical (unpaired) electrons. The van der Waals surface area contributed by atoms with Crippen molar-refractivity contribution in [3.05, 3.63) is 94.3 Å². The second-order valence-electron chi connectivity index (χ2n) is 9.43. The Hall–Kier alpha value is -2.89. The van der Waals surface area contributed by atoms with E-state index in [-0.39, 0.29) is 23.7 Å². The average molecular weight is 479 g/mol. The molecule has 0 aliphatic carbocycles. The molecule has 176 valence electrons. The van der Waals surface area contributed by atoms with Crippen molar-refractivity contribution in [2.24, 2.45) is 0 Å². The van der Waals surface area contributed by atoms with Gasteiger partial charge < -0.3 is 9.64 Å². The van der Waals surface area contributed by atoms with Crippen LogP contribution in [-0.2, 0) is 16.8 Å². The van der Waals surface area contributed by atoms with Crippen LogP contribution in [0.1, 0.15) is 29.5 Å². The first-order valence-electron chi connectivity index (χ1n) is 11.7. The molecular formula is C28H28ClFN2O2. The number of benzene rings is 3. The molecule has 6 heteroatoms. The van der Waals surface area contributed by atoms with Crippen molar-refractivity contribution < 1.29 is 13.9 Å². The molecule has 0 aromatic heterocycles. The fourth-order valence-corrected chi connectivity index (χ4v) is 5.26. The van der Waals surface area contributed by atoms with Crippen molar-refractivity contribution in [1.29, 1.82) is 0 Å². The summed E-state index contributed by atoms with van der Waals surface area (Å²) < 4.78 is 20.0. The fourth-order valence-electron chi connectivity index (χ4n) is 5.14. The maximum absolute atomic E-state index is 14.3. The highest BCUT2D eigenvalue weighted by Gasteiger charge is 2.46. The highest BCUT2D eigenvalue weighted by molar-refractivity contribution is 6.30. The Labute approximate surface area is 204 Å². The SMILES string of the molecule is Cc1ccc(CN2CCC3(CC2)CN(C(=O)COc2ccc(Cl)cc2)c2ccc(F)cc23)cc1. The molecule has 4 nitrogen and oxygen atoms in total. The quantitative estimate of drug-likeness (QED) is 0.468. The lowest BCUT2D eigenvalue weighted by Gasteiger charge is -2.40. The van der Waals surface area contributed by atoms with Gasteiger partial charge >= 0.3 is 0 Å². The van der Waals surface area contributed by atoms with Crippen LogP contribution in [0, 0.1) is 12.7 Å². The van der Waals surface area contributed by atoms with Crippen LogP contribution in [0.25, 0.3) is 0 Å². The van der Waals surface area contributed by atoms with E-state index in [2.05, 4.69) is 36.1 Å². The first kappa shape index (κ1) is 22.9. The van der Waals surface area contributed by atoms with E-state index in [9.17, 15) is 9.18 Å². The Balaban J connectivity index is 1.29. The summed E-state index contributed by atoms with van der Waals surface area (Å²) in [5.74, 6) is 0.212. The molecule has 0 unspecified atom stereocenters. The summed E-state index contributed by atoms with van der Waals surface area (Å²) >= 11 is 5.93. The molecule has 0 N–H and O–H groups in total. The van der Waals surface area contributed by atoms with Crippen LogP contribution in [0.15, 0.2) is 66.7 Å². The summed E-state index contributed by atoms with van der Waals surface area (Å²) in [6.07, 6.45) is 1.77. The van der Waals surface area contributed by atoms with Gasteiger partial charge in [-0.3, -0.25) is 9.69 Å². The summed E-state index contributed by atoms with van der Waals surface area (Å²) in [6, 6.07) is 20.4. The highest BCUT2D eigenvalue weighted by Crippen LogP contribution is 2.47. The van der Waals surface area contributed by atoms with Crippen molar-refractivity contribution in [3.8, 4) is 5.75 Å². The number of ether oxygens (including phenoxy) is 1. The molecule has 1 amide bonds. The van der Waals surface area contributed by atoms with E-state index in [1.165, 1.54) is 17.2 Å². The van der Waals surface area contributed by atoms with Crippen molar-refractivity contribution >= 4 is 23.2 Å². The smallest absolute Gasteiger partial charge is 0.264 e. The molecule has 1 saturated heterocycles. The molecule has 3 aromatic rings. The third kappa shape index (κ3) is 4.68. The number of hydrogen-bond donors (Lipinski definition) is 0. The number of aryl methyl sites for hydroxylation is 1. The monoisotopic (exact) mass is 478 g/mol. The van der Waals surface area contributed by atoms with Gasteiger partial charge in [-0.05, 0) is 86.4 Å². The largest absolute Gasteiger partial charge is 0.484 e. The van der Waals surface area contributed by atoms with Gasteiger partial charge in [-0.25, -0.2) is 4.39 Å². The van der Waals surface area contributed by atoms with Crippen molar-refractivity contribution in [2.75, 3.05) is 31.1 Å². The van der Waals surface area contributed by atoms with Crippen LogP contribution in [0.3, 0.4) is 0 Å². The van der Waals surface area contributed by atoms with E-state index in [1.807, 2.05) is 0 Å². The Kier molecular flexibility index (Phi) is 6.32. The van der Waals surface area contributed by atoms with Crippen LogP contribution in [0.5, 0.6) is 5.75 Å². The summed E-state index contributed by atoms with van der Waals surface area (Å²) in [5, 5.41) is 0.616. The van der Waals surface area contributed by atoms with E-state index < -0.39 is 0 Å². The summed E-state index contributed by atoms with van der Waals surface area (Å²) in [5.41, 5.74) is 4.09. The standard InChI is InChI=1S/C28H28ClFN2O2/c1-20-2-4-21(5-3-20)17-31-14-12-28(13-15-31)19-32(26-11-8-23(30)16-25(26)28)27(33)18-34-24-9-6-22(29)7-10-24/h2-11,16H,12-15,17-19H2,1H3. The molecule has 3 aromatic carbocycles. The molecule has 2 heterocycles. The minimum atomic E-state index is -0.257. The zero-order valence-corrected chi connectivity index (χ0v) is 20.0. The number of piperidine rings is 1. The van der Waals surface area contributed by atoms with E-state index >= 15 is 0 Å². The first-order valence-corrected chi connectivity index (χ1v) is 12.1. The van der Waals surface area contributed by atoms with Crippen LogP contribution < -0.4 is 9.64 Å². The van der Waals surface area contributed by atoms with Crippen molar-refractivity contribution in [2.45, 2.75) is 31.7 Å². The van der Waals surface area contributed by atoms with Gasteiger partial charge in [0.15, 0.2) is 6.61 Å². The molecule has 2 aliphatic heterocycles. The molecule has 34 heavy (non-hydrogen) atoms. The maximum Gasteiger partial charge on any atom is 0.264 e. The summed E-state index contributed by atoms with van der Waals surface area (Å²) in [7, 11) is 0. The molecule has 5 rings (SSSR count). The van der Waals surface area contributed by atoms with Gasteiger partial charge in [0.05, 0.1) is 0 Å². The van der Waals surface area contributed by atoms with Crippen molar-refractivity contribution in [3.63, 3.8) is 0 Å². The topological polar surface area (TPSA) is 32.8 Å². The van der Waals surface area contributed by atoms with Gasteiger partial charge in [-0.2, -0.15) is 0 Å². The molecule has 0 bridgehead atoms. The summed E-state index contributed by atoms with van der Waals surface area (Å²) in [4.78, 5) is 17.4. The lowest BCUT2D eigenvalue weighted by Crippen LogP contribution is -2.46. The first-order chi connectivity index (χ1) is 16.4. The number of amides is 1. The molecule has 2 aliphatic rings. The Morgan fingerprint density at radius 2 is 1.74 bits per heavy atom. The molecule has 0 atom stereocenters. The number of nitrogens with zero attached hydrogens (tertiary/aromatic N) is 2. The Morgan fingerprint density at radius 1 is 1.03 bits per heavy atom. The Bertz CT molecular complexity index is 1170. The van der Waals surface area contributed by atoms with Gasteiger partial charge in [0.2, 0.25) is 0 Å². The third-order valence-electron chi connectivity index (χ3n) is 7.10. The molecular weight excluding hydrogens is 451 g/mol. The Morgan fingerprint density at radius 3 is 2.44 bits per heavy atom. The van der Waals surface area contributed by atoms with E-state index in [0.29, 0.717) is 17.3 Å². The zero-order chi connectivity index (χ0) is 23.7. The van der Waals surface area contributed by atoms with E-state index in [0.717, 1.165) is 43.7 Å². The van der Waals surface area contributed by atoms with E-state index in [1.54, 1.807) is 41.3 Å². The van der Waals surface area contributed by atoms with Crippen LogP contribution in [0.2, 0.25) is 5.02 Å². The predicted molar refractivity (Wildman–Crippen MR) is 133 cm³/mol. The zero-order valence-electron chi connectivity index (χ0n) is 19.3. The van der Waals surface area contributed by atoms with Crippen LogP contribution >= 0.6 is 11.6 Å². The molecule has 1 fully saturated rings. The normalized spacial score (nSPS) is 17.1. The highest BCUT2D eigenvalue weighted by atomic mass is 35.5. The van der Waals surface area contributed by atoms with Gasteiger partial charge in [0, 0.05) is 29.2 Å². The predicted octanol–water partition coefficient (Wildman–Crippen LogP) is 5.75.